The van der Waals surface area contributed by atoms with Gasteiger partial charge >= 0.3 is 0 Å². The van der Waals surface area contributed by atoms with Crippen LogP contribution in [0.4, 0.5) is 0 Å². The van der Waals surface area contributed by atoms with Crippen molar-refractivity contribution in [1.29, 1.82) is 0 Å². The molecule has 1 aromatic rings. The summed E-state index contributed by atoms with van der Waals surface area (Å²) in [6, 6.07) is -0.718. The number of aromatic amines is 1. The van der Waals surface area contributed by atoms with Gasteiger partial charge in [-0.1, -0.05) is 6.92 Å². The normalized spacial score (nSPS) is 18.4. The first-order valence-electron chi connectivity index (χ1n) is 7.60. The van der Waals surface area contributed by atoms with E-state index in [0.717, 1.165) is 25.5 Å². The SMILES string of the molecule is CCc1cn[nH]c1C1CCN(C(=O)C(C)NS(C)(=O)=O)CC1. The molecular weight excluding hydrogens is 304 g/mol. The molecule has 7 nitrogen and oxygen atoms in total. The molecule has 1 aliphatic heterocycles. The summed E-state index contributed by atoms with van der Waals surface area (Å²) in [5.74, 6) is 0.226. The molecule has 124 valence electrons. The number of amides is 1. The van der Waals surface area contributed by atoms with Crippen molar-refractivity contribution in [2.75, 3.05) is 19.3 Å². The van der Waals surface area contributed by atoms with Crippen molar-refractivity contribution < 1.29 is 13.2 Å². The molecule has 1 atom stereocenters. The number of rotatable bonds is 5. The van der Waals surface area contributed by atoms with Crippen LogP contribution in [0, 0.1) is 0 Å². The Labute approximate surface area is 131 Å². The van der Waals surface area contributed by atoms with Crippen molar-refractivity contribution in [3.05, 3.63) is 17.5 Å². The maximum absolute atomic E-state index is 12.3. The van der Waals surface area contributed by atoms with Crippen LogP contribution in [0.25, 0.3) is 0 Å². The molecule has 1 unspecified atom stereocenters. The Morgan fingerprint density at radius 3 is 2.68 bits per heavy atom. The topological polar surface area (TPSA) is 95.2 Å². The number of aryl methyl sites for hydroxylation is 1. The van der Waals surface area contributed by atoms with Crippen LogP contribution in [-0.2, 0) is 21.2 Å². The minimum atomic E-state index is -3.37. The molecule has 2 rings (SSSR count). The van der Waals surface area contributed by atoms with E-state index in [1.807, 2.05) is 6.20 Å². The van der Waals surface area contributed by atoms with Crippen LogP contribution >= 0.6 is 0 Å². The Morgan fingerprint density at radius 2 is 2.14 bits per heavy atom. The van der Waals surface area contributed by atoms with Gasteiger partial charge in [-0.25, -0.2) is 13.1 Å². The molecule has 0 radical (unpaired) electrons. The zero-order valence-corrected chi connectivity index (χ0v) is 14.1. The minimum Gasteiger partial charge on any atom is -0.341 e. The van der Waals surface area contributed by atoms with E-state index < -0.39 is 16.1 Å². The van der Waals surface area contributed by atoms with Gasteiger partial charge < -0.3 is 4.90 Å². The van der Waals surface area contributed by atoms with Crippen molar-refractivity contribution in [2.24, 2.45) is 0 Å². The maximum atomic E-state index is 12.3. The number of sulfonamides is 1. The number of hydrogen-bond donors (Lipinski definition) is 2. The first-order valence-corrected chi connectivity index (χ1v) is 9.49. The summed E-state index contributed by atoms with van der Waals surface area (Å²) in [5.41, 5.74) is 2.41. The van der Waals surface area contributed by atoms with Crippen LogP contribution in [0.1, 0.15) is 43.9 Å². The number of carbonyl (C=O) groups is 1. The predicted octanol–water partition coefficient (Wildman–Crippen LogP) is 0.616. The Hall–Kier alpha value is -1.41. The molecule has 0 spiro atoms. The van der Waals surface area contributed by atoms with Crippen molar-refractivity contribution in [3.8, 4) is 0 Å². The second-order valence-electron chi connectivity index (χ2n) is 5.87. The summed E-state index contributed by atoms with van der Waals surface area (Å²) in [6.07, 6.45) is 5.61. The molecule has 2 N–H and O–H groups in total. The van der Waals surface area contributed by atoms with E-state index in [-0.39, 0.29) is 5.91 Å². The maximum Gasteiger partial charge on any atom is 0.240 e. The van der Waals surface area contributed by atoms with E-state index in [4.69, 9.17) is 0 Å². The Bertz CT molecular complexity index is 618. The number of carbonyl (C=O) groups excluding carboxylic acids is 1. The summed E-state index contributed by atoms with van der Waals surface area (Å²) in [4.78, 5) is 14.0. The van der Waals surface area contributed by atoms with Crippen LogP contribution in [0.3, 0.4) is 0 Å². The van der Waals surface area contributed by atoms with Gasteiger partial charge in [0.1, 0.15) is 0 Å². The molecule has 0 bridgehead atoms. The summed E-state index contributed by atoms with van der Waals surface area (Å²) < 4.78 is 24.8. The highest BCUT2D eigenvalue weighted by Gasteiger charge is 2.29. The van der Waals surface area contributed by atoms with Gasteiger partial charge in [0.05, 0.1) is 18.5 Å². The van der Waals surface area contributed by atoms with Gasteiger partial charge in [0, 0.05) is 24.7 Å². The third-order valence-electron chi connectivity index (χ3n) is 4.11. The lowest BCUT2D eigenvalue weighted by atomic mass is 9.90. The monoisotopic (exact) mass is 328 g/mol. The Balaban J connectivity index is 1.93. The zero-order valence-electron chi connectivity index (χ0n) is 13.3. The van der Waals surface area contributed by atoms with Crippen LogP contribution in [-0.4, -0.2) is 54.8 Å². The molecule has 0 aliphatic carbocycles. The average molecular weight is 328 g/mol. The van der Waals surface area contributed by atoms with Crippen molar-refractivity contribution in [3.63, 3.8) is 0 Å². The summed E-state index contributed by atoms with van der Waals surface area (Å²) in [7, 11) is -3.37. The molecule has 2 heterocycles. The average Bonchev–Trinajstić information content (AvgIpc) is 2.93. The quantitative estimate of drug-likeness (QED) is 0.828. The van der Waals surface area contributed by atoms with Crippen LogP contribution in [0.2, 0.25) is 0 Å². The number of H-pyrrole nitrogens is 1. The minimum absolute atomic E-state index is 0.163. The Kier molecular flexibility index (Phi) is 5.23. The first kappa shape index (κ1) is 17.0. The van der Waals surface area contributed by atoms with E-state index in [1.165, 1.54) is 11.3 Å². The Morgan fingerprint density at radius 1 is 1.50 bits per heavy atom. The molecular formula is C14H24N4O3S. The molecule has 8 heteroatoms. The number of nitrogens with zero attached hydrogens (tertiary/aromatic N) is 2. The van der Waals surface area contributed by atoms with Crippen LogP contribution < -0.4 is 4.72 Å². The lowest BCUT2D eigenvalue weighted by Gasteiger charge is -2.33. The highest BCUT2D eigenvalue weighted by Crippen LogP contribution is 2.29. The molecule has 1 aliphatic rings. The molecule has 1 aromatic heterocycles. The highest BCUT2D eigenvalue weighted by atomic mass is 32.2. The van der Waals surface area contributed by atoms with E-state index >= 15 is 0 Å². The fraction of sp³-hybridized carbons (Fsp3) is 0.714. The number of likely N-dealkylation sites (tertiary alicyclic amines) is 1. The number of piperidine rings is 1. The summed E-state index contributed by atoms with van der Waals surface area (Å²) >= 11 is 0. The molecule has 22 heavy (non-hydrogen) atoms. The van der Waals surface area contributed by atoms with E-state index in [1.54, 1.807) is 11.8 Å². The molecule has 0 saturated carbocycles. The predicted molar refractivity (Wildman–Crippen MR) is 84.0 cm³/mol. The molecule has 1 fully saturated rings. The standard InChI is InChI=1S/C14H24N4O3S/c1-4-11-9-15-16-13(11)12-5-7-18(8-6-12)14(19)10(2)17-22(3,20)21/h9-10,12,17H,4-8H2,1-3H3,(H,15,16). The van der Waals surface area contributed by atoms with Crippen molar-refractivity contribution >= 4 is 15.9 Å². The lowest BCUT2D eigenvalue weighted by Crippen LogP contribution is -2.48. The lowest BCUT2D eigenvalue weighted by molar-refractivity contribution is -0.133. The van der Waals surface area contributed by atoms with Crippen molar-refractivity contribution in [2.45, 2.75) is 45.1 Å². The van der Waals surface area contributed by atoms with E-state index in [0.29, 0.717) is 19.0 Å². The van der Waals surface area contributed by atoms with Crippen LogP contribution in [0.15, 0.2) is 6.20 Å². The van der Waals surface area contributed by atoms with E-state index in [9.17, 15) is 13.2 Å². The van der Waals surface area contributed by atoms with Gasteiger partial charge in [-0.05, 0) is 31.7 Å². The van der Waals surface area contributed by atoms with Gasteiger partial charge in [-0.15, -0.1) is 0 Å². The summed E-state index contributed by atoms with van der Waals surface area (Å²) in [5, 5.41) is 7.19. The van der Waals surface area contributed by atoms with Crippen molar-refractivity contribution in [1.82, 2.24) is 19.8 Å². The third kappa shape index (κ3) is 4.07. The summed E-state index contributed by atoms with van der Waals surface area (Å²) in [6.45, 7) is 4.97. The third-order valence-corrected chi connectivity index (χ3v) is 4.89. The van der Waals surface area contributed by atoms with Gasteiger partial charge in [0.15, 0.2) is 0 Å². The second kappa shape index (κ2) is 6.78. The number of hydrogen-bond acceptors (Lipinski definition) is 4. The molecule has 0 aromatic carbocycles. The highest BCUT2D eigenvalue weighted by molar-refractivity contribution is 7.88. The second-order valence-corrected chi connectivity index (χ2v) is 7.65. The van der Waals surface area contributed by atoms with Gasteiger partial charge in [0.2, 0.25) is 15.9 Å². The fourth-order valence-electron chi connectivity index (χ4n) is 2.99. The largest absolute Gasteiger partial charge is 0.341 e. The van der Waals surface area contributed by atoms with Gasteiger partial charge in [0.25, 0.3) is 0 Å². The first-order chi connectivity index (χ1) is 10.3. The number of nitrogens with one attached hydrogen (secondary N) is 2. The fourth-order valence-corrected chi connectivity index (χ4v) is 3.73. The molecule has 1 saturated heterocycles. The van der Waals surface area contributed by atoms with E-state index in [2.05, 4.69) is 21.8 Å². The smallest absolute Gasteiger partial charge is 0.240 e. The molecule has 1 amide bonds. The van der Waals surface area contributed by atoms with Gasteiger partial charge in [-0.3, -0.25) is 9.89 Å². The van der Waals surface area contributed by atoms with Crippen LogP contribution in [0.5, 0.6) is 0 Å². The van der Waals surface area contributed by atoms with Gasteiger partial charge in [-0.2, -0.15) is 5.10 Å². The number of aromatic nitrogens is 2. The zero-order chi connectivity index (χ0) is 16.3.